The fraction of sp³-hybridized carbons (Fsp3) is 0.778. The van der Waals surface area contributed by atoms with Crippen molar-refractivity contribution in [3.8, 4) is 0 Å². The molecule has 0 spiro atoms. The Bertz CT molecular complexity index is 221. The van der Waals surface area contributed by atoms with Gasteiger partial charge in [0.1, 0.15) is 0 Å². The Morgan fingerprint density at radius 2 is 2.21 bits per heavy atom. The Hall–Kier alpha value is -0.770. The second-order valence-electron chi connectivity index (χ2n) is 3.28. The Morgan fingerprint density at radius 1 is 1.43 bits per heavy atom. The highest BCUT2D eigenvalue weighted by Crippen LogP contribution is 2.10. The third-order valence-corrected chi connectivity index (χ3v) is 2.38. The van der Waals surface area contributed by atoms with Crippen molar-refractivity contribution < 1.29 is 9.59 Å². The largest absolute Gasteiger partial charge is 0.336 e. The predicted octanol–water partition coefficient (Wildman–Crippen LogP) is 1.34. The average Bonchev–Trinajstić information content (AvgIpc) is 2.39. The molecule has 5 heteroatoms. The number of hydrogen-bond donors (Lipinski definition) is 1. The number of urea groups is 1. The lowest BCUT2D eigenvalue weighted by Crippen LogP contribution is -2.44. The zero-order valence-electron chi connectivity index (χ0n) is 8.09. The van der Waals surface area contributed by atoms with Crippen LogP contribution >= 0.6 is 11.6 Å². The quantitative estimate of drug-likeness (QED) is 0.712. The van der Waals surface area contributed by atoms with Gasteiger partial charge in [0.2, 0.25) is 5.91 Å². The van der Waals surface area contributed by atoms with E-state index in [0.29, 0.717) is 25.4 Å². The maximum Gasteiger partial charge on any atom is 0.324 e. The van der Waals surface area contributed by atoms with Crippen molar-refractivity contribution in [2.24, 2.45) is 0 Å². The van der Waals surface area contributed by atoms with E-state index in [-0.39, 0.29) is 11.9 Å². The molecule has 0 aromatic heterocycles. The summed E-state index contributed by atoms with van der Waals surface area (Å²) in [4.78, 5) is 24.2. The molecule has 1 aliphatic heterocycles. The molecule has 80 valence electrons. The van der Waals surface area contributed by atoms with Gasteiger partial charge in [-0.1, -0.05) is 6.42 Å². The van der Waals surface area contributed by atoms with Crippen LogP contribution in [0.3, 0.4) is 0 Å². The van der Waals surface area contributed by atoms with E-state index >= 15 is 0 Å². The smallest absolute Gasteiger partial charge is 0.324 e. The minimum atomic E-state index is -0.308. The van der Waals surface area contributed by atoms with Crippen LogP contribution in [0.15, 0.2) is 0 Å². The molecule has 1 heterocycles. The molecule has 0 radical (unpaired) electrons. The monoisotopic (exact) mass is 218 g/mol. The van der Waals surface area contributed by atoms with E-state index < -0.39 is 0 Å². The van der Waals surface area contributed by atoms with Gasteiger partial charge in [-0.15, -0.1) is 11.6 Å². The van der Waals surface area contributed by atoms with Crippen LogP contribution in [0.2, 0.25) is 0 Å². The minimum absolute atomic E-state index is 0.0745. The fourth-order valence-corrected chi connectivity index (χ4v) is 1.54. The first-order valence-electron chi connectivity index (χ1n) is 4.90. The van der Waals surface area contributed by atoms with Crippen LogP contribution in [-0.2, 0) is 4.79 Å². The van der Waals surface area contributed by atoms with E-state index in [2.05, 4.69) is 5.32 Å². The van der Waals surface area contributed by atoms with Crippen LogP contribution in [0.1, 0.15) is 25.7 Å². The molecule has 1 saturated heterocycles. The zero-order valence-corrected chi connectivity index (χ0v) is 8.85. The van der Waals surface area contributed by atoms with Crippen molar-refractivity contribution in [2.45, 2.75) is 25.7 Å². The maximum absolute atomic E-state index is 11.5. The third-order valence-electron chi connectivity index (χ3n) is 2.19. The van der Waals surface area contributed by atoms with E-state index in [0.717, 1.165) is 19.3 Å². The molecule has 1 N–H and O–H groups in total. The average molecular weight is 219 g/mol. The highest BCUT2D eigenvalue weighted by Gasteiger charge is 2.22. The van der Waals surface area contributed by atoms with Crippen LogP contribution in [-0.4, -0.2) is 35.8 Å². The van der Waals surface area contributed by atoms with Gasteiger partial charge < -0.3 is 5.32 Å². The number of nitrogens with one attached hydrogen (secondary N) is 1. The van der Waals surface area contributed by atoms with Crippen molar-refractivity contribution in [3.05, 3.63) is 0 Å². The van der Waals surface area contributed by atoms with E-state index in [1.54, 1.807) is 0 Å². The van der Waals surface area contributed by atoms with Crippen LogP contribution < -0.4 is 5.32 Å². The van der Waals surface area contributed by atoms with Crippen LogP contribution in [0.5, 0.6) is 0 Å². The van der Waals surface area contributed by atoms with Gasteiger partial charge in [-0.05, 0) is 12.8 Å². The molecule has 14 heavy (non-hydrogen) atoms. The summed E-state index contributed by atoms with van der Waals surface area (Å²) in [6.07, 6.45) is 3.29. The molecule has 0 aromatic carbocycles. The first kappa shape index (κ1) is 11.3. The highest BCUT2D eigenvalue weighted by atomic mass is 35.5. The summed E-state index contributed by atoms with van der Waals surface area (Å²) in [7, 11) is 0. The van der Waals surface area contributed by atoms with Gasteiger partial charge in [0.05, 0.1) is 0 Å². The molecule has 0 bridgehead atoms. The summed E-state index contributed by atoms with van der Waals surface area (Å²) >= 11 is 5.43. The van der Waals surface area contributed by atoms with Crippen LogP contribution in [0.25, 0.3) is 0 Å². The summed E-state index contributed by atoms with van der Waals surface area (Å²) in [6, 6.07) is -0.308. The van der Waals surface area contributed by atoms with Crippen molar-refractivity contribution in [3.63, 3.8) is 0 Å². The first-order valence-corrected chi connectivity index (χ1v) is 5.43. The minimum Gasteiger partial charge on any atom is -0.336 e. The topological polar surface area (TPSA) is 49.4 Å². The number of halogens is 1. The van der Waals surface area contributed by atoms with Gasteiger partial charge in [-0.2, -0.15) is 0 Å². The van der Waals surface area contributed by atoms with Crippen LogP contribution in [0, 0.1) is 0 Å². The zero-order chi connectivity index (χ0) is 10.4. The van der Waals surface area contributed by atoms with E-state index in [1.165, 1.54) is 4.90 Å². The first-order chi connectivity index (χ1) is 6.75. The lowest BCUT2D eigenvalue weighted by atomic mass is 10.2. The number of likely N-dealkylation sites (tertiary alicyclic amines) is 1. The molecule has 1 fully saturated rings. The molecule has 1 aliphatic rings. The van der Waals surface area contributed by atoms with Crippen LogP contribution in [0.4, 0.5) is 4.79 Å². The molecular weight excluding hydrogens is 204 g/mol. The summed E-state index contributed by atoms with van der Waals surface area (Å²) in [5.74, 6) is 0.294. The molecule has 4 nitrogen and oxygen atoms in total. The highest BCUT2D eigenvalue weighted by molar-refractivity contribution is 6.18. The summed E-state index contributed by atoms with van der Waals surface area (Å²) in [5.41, 5.74) is 0. The van der Waals surface area contributed by atoms with Gasteiger partial charge >= 0.3 is 6.03 Å². The normalized spacial score (nSPS) is 17.8. The van der Waals surface area contributed by atoms with Gasteiger partial charge in [0, 0.05) is 25.4 Å². The number of carbonyl (C=O) groups excluding carboxylic acids is 2. The SMILES string of the molecule is O=C1CCCCCN1C(=O)NCCCl. The standard InChI is InChI=1S/C9H15ClN2O2/c10-5-6-11-9(14)12-7-3-1-2-4-8(12)13/h1-7H2,(H,11,14). The molecule has 3 amide bonds. The lowest BCUT2D eigenvalue weighted by Gasteiger charge is -2.18. The Morgan fingerprint density at radius 3 is 2.93 bits per heavy atom. The Kier molecular flexibility index (Phi) is 4.73. The second-order valence-corrected chi connectivity index (χ2v) is 3.65. The third kappa shape index (κ3) is 3.18. The van der Waals surface area contributed by atoms with Gasteiger partial charge in [-0.25, -0.2) is 4.79 Å². The number of nitrogens with zero attached hydrogens (tertiary/aromatic N) is 1. The molecule has 0 saturated carbocycles. The Labute approximate surface area is 88.6 Å². The fourth-order valence-electron chi connectivity index (χ4n) is 1.45. The molecule has 1 rings (SSSR count). The van der Waals surface area contributed by atoms with Gasteiger partial charge in [0.25, 0.3) is 0 Å². The summed E-state index contributed by atoms with van der Waals surface area (Å²) < 4.78 is 0. The lowest BCUT2D eigenvalue weighted by molar-refractivity contribution is -0.127. The number of alkyl halides is 1. The molecule has 0 atom stereocenters. The Balaban J connectivity index is 2.46. The van der Waals surface area contributed by atoms with Gasteiger partial charge in [0.15, 0.2) is 0 Å². The molecule has 0 unspecified atom stereocenters. The maximum atomic E-state index is 11.5. The van der Waals surface area contributed by atoms with Crippen molar-refractivity contribution in [1.82, 2.24) is 10.2 Å². The van der Waals surface area contributed by atoms with Crippen molar-refractivity contribution in [2.75, 3.05) is 19.0 Å². The van der Waals surface area contributed by atoms with E-state index in [9.17, 15) is 9.59 Å². The molecule has 0 aliphatic carbocycles. The number of imide groups is 1. The predicted molar refractivity (Wildman–Crippen MR) is 54.3 cm³/mol. The number of amides is 3. The number of hydrogen-bond acceptors (Lipinski definition) is 2. The number of rotatable bonds is 2. The van der Waals surface area contributed by atoms with Gasteiger partial charge in [-0.3, -0.25) is 9.69 Å². The summed E-state index contributed by atoms with van der Waals surface area (Å²) in [6.45, 7) is 0.942. The van der Waals surface area contributed by atoms with E-state index in [4.69, 9.17) is 11.6 Å². The second kappa shape index (κ2) is 5.86. The summed E-state index contributed by atoms with van der Waals surface area (Å²) in [5, 5.41) is 2.59. The number of carbonyl (C=O) groups is 2. The molecule has 0 aromatic rings. The van der Waals surface area contributed by atoms with Crippen molar-refractivity contribution >= 4 is 23.5 Å². The van der Waals surface area contributed by atoms with Crippen molar-refractivity contribution in [1.29, 1.82) is 0 Å². The van der Waals surface area contributed by atoms with E-state index in [1.807, 2.05) is 0 Å². The molecular formula is C9H15ClN2O2.